The fourth-order valence-electron chi connectivity index (χ4n) is 3.17. The van der Waals surface area contributed by atoms with Gasteiger partial charge in [0.1, 0.15) is 11.9 Å². The molecule has 0 saturated carbocycles. The molecule has 1 atom stereocenters. The number of anilines is 1. The molecule has 0 saturated heterocycles. The van der Waals surface area contributed by atoms with Crippen LogP contribution < -0.4 is 9.04 Å². The van der Waals surface area contributed by atoms with Crippen LogP contribution in [0.5, 0.6) is 5.75 Å². The summed E-state index contributed by atoms with van der Waals surface area (Å²) in [7, 11) is -4.55. The molecule has 32 heavy (non-hydrogen) atoms. The van der Waals surface area contributed by atoms with Crippen LogP contribution in [0.2, 0.25) is 0 Å². The molecule has 13 heteroatoms. The molecule has 0 fully saturated rings. The molecule has 1 aliphatic heterocycles. The standard InChI is InChI=1S/C19H15BrF3NO7S/c20-11-4-5-16-15(7-11)24(9-12(31-16)8-14(17(25)26)18(27)28)32(29,30)13-3-1-2-10(6-13)19(21,22)23/h1-7,12,14H,8-9H2,(H,25,26)(H,27,28). The predicted molar refractivity (Wildman–Crippen MR) is 108 cm³/mol. The zero-order valence-electron chi connectivity index (χ0n) is 15.9. The third-order valence-corrected chi connectivity index (χ3v) is 6.97. The Morgan fingerprint density at radius 1 is 1.16 bits per heavy atom. The van der Waals surface area contributed by atoms with Crippen molar-refractivity contribution in [2.45, 2.75) is 23.6 Å². The van der Waals surface area contributed by atoms with Gasteiger partial charge in [-0.05, 0) is 36.4 Å². The molecule has 0 spiro atoms. The Morgan fingerprint density at radius 2 is 1.81 bits per heavy atom. The molecule has 1 heterocycles. The van der Waals surface area contributed by atoms with Gasteiger partial charge in [-0.25, -0.2) is 8.42 Å². The number of fused-ring (bicyclic) bond motifs is 1. The van der Waals surface area contributed by atoms with Gasteiger partial charge in [0.25, 0.3) is 10.0 Å². The number of hydrogen-bond donors (Lipinski definition) is 2. The van der Waals surface area contributed by atoms with Gasteiger partial charge >= 0.3 is 18.1 Å². The highest BCUT2D eigenvalue weighted by Gasteiger charge is 2.39. The van der Waals surface area contributed by atoms with Crippen molar-refractivity contribution in [3.05, 3.63) is 52.5 Å². The number of carboxylic acids is 2. The van der Waals surface area contributed by atoms with Gasteiger partial charge in [-0.2, -0.15) is 13.2 Å². The molecule has 0 amide bonds. The summed E-state index contributed by atoms with van der Waals surface area (Å²) in [5.41, 5.74) is -1.15. The van der Waals surface area contributed by atoms with E-state index in [2.05, 4.69) is 15.9 Å². The molecule has 8 nitrogen and oxygen atoms in total. The van der Waals surface area contributed by atoms with Gasteiger partial charge < -0.3 is 14.9 Å². The van der Waals surface area contributed by atoms with E-state index in [-0.39, 0.29) is 11.4 Å². The monoisotopic (exact) mass is 537 g/mol. The van der Waals surface area contributed by atoms with Crippen LogP contribution in [0.1, 0.15) is 12.0 Å². The zero-order chi connectivity index (χ0) is 23.8. The summed E-state index contributed by atoms with van der Waals surface area (Å²) < 4.78 is 72.8. The maximum absolute atomic E-state index is 13.3. The normalized spacial score (nSPS) is 16.4. The molecule has 2 aromatic rings. The van der Waals surface area contributed by atoms with Crippen LogP contribution in [0, 0.1) is 5.92 Å². The van der Waals surface area contributed by atoms with Gasteiger partial charge in [0.15, 0.2) is 5.92 Å². The zero-order valence-corrected chi connectivity index (χ0v) is 18.3. The summed E-state index contributed by atoms with van der Waals surface area (Å²) in [5.74, 6) is -5.12. The molecule has 2 aromatic carbocycles. The number of halogens is 4. The van der Waals surface area contributed by atoms with Gasteiger partial charge in [-0.15, -0.1) is 0 Å². The van der Waals surface area contributed by atoms with E-state index in [9.17, 15) is 31.2 Å². The van der Waals surface area contributed by atoms with Gasteiger partial charge in [-0.1, -0.05) is 22.0 Å². The first-order valence-electron chi connectivity index (χ1n) is 8.92. The summed E-state index contributed by atoms with van der Waals surface area (Å²) in [5, 5.41) is 18.3. The van der Waals surface area contributed by atoms with E-state index >= 15 is 0 Å². The largest absolute Gasteiger partial charge is 0.486 e. The number of carbonyl (C=O) groups is 2. The number of rotatable bonds is 6. The third-order valence-electron chi connectivity index (χ3n) is 4.70. The molecule has 1 unspecified atom stereocenters. The maximum atomic E-state index is 13.3. The summed E-state index contributed by atoms with van der Waals surface area (Å²) in [6.45, 7) is -0.501. The number of ether oxygens (including phenoxy) is 1. The molecular formula is C19H15BrF3NO7S. The number of alkyl halides is 3. The Bertz CT molecular complexity index is 1160. The highest BCUT2D eigenvalue weighted by Crippen LogP contribution is 2.40. The van der Waals surface area contributed by atoms with E-state index in [4.69, 9.17) is 14.9 Å². The Labute approximate surface area is 188 Å². The van der Waals surface area contributed by atoms with Crippen LogP contribution in [0.15, 0.2) is 51.8 Å². The number of nitrogens with zero attached hydrogens (tertiary/aromatic N) is 1. The van der Waals surface area contributed by atoms with E-state index < -0.39 is 63.6 Å². The third kappa shape index (κ3) is 4.83. The van der Waals surface area contributed by atoms with E-state index in [0.29, 0.717) is 10.5 Å². The highest BCUT2D eigenvalue weighted by atomic mass is 79.9. The van der Waals surface area contributed by atoms with Crippen molar-refractivity contribution in [3.63, 3.8) is 0 Å². The Balaban J connectivity index is 2.06. The minimum atomic E-state index is -4.77. The van der Waals surface area contributed by atoms with Crippen LogP contribution in [-0.4, -0.2) is 43.2 Å². The first kappa shape index (κ1) is 23.9. The van der Waals surface area contributed by atoms with Crippen molar-refractivity contribution in [2.24, 2.45) is 5.92 Å². The lowest BCUT2D eigenvalue weighted by molar-refractivity contribution is -0.155. The molecule has 3 rings (SSSR count). The molecular weight excluding hydrogens is 523 g/mol. The number of carboxylic acid groups (broad SMARTS) is 2. The quantitative estimate of drug-likeness (QED) is 0.540. The fourth-order valence-corrected chi connectivity index (χ4v) is 5.06. The molecule has 0 bridgehead atoms. The Hall–Kier alpha value is -2.80. The van der Waals surface area contributed by atoms with E-state index in [1.807, 2.05) is 0 Å². The number of sulfonamides is 1. The molecule has 2 N–H and O–H groups in total. The molecule has 1 aliphatic rings. The number of aliphatic carboxylic acids is 2. The fraction of sp³-hybridized carbons (Fsp3) is 0.263. The molecule has 0 aliphatic carbocycles. The van der Waals surface area contributed by atoms with Crippen LogP contribution in [0.25, 0.3) is 0 Å². The summed E-state index contributed by atoms with van der Waals surface area (Å²) >= 11 is 3.19. The predicted octanol–water partition coefficient (Wildman–Crippen LogP) is 3.60. The first-order chi connectivity index (χ1) is 14.8. The van der Waals surface area contributed by atoms with Crippen molar-refractivity contribution in [3.8, 4) is 5.75 Å². The summed E-state index contributed by atoms with van der Waals surface area (Å²) in [4.78, 5) is 21.9. The van der Waals surface area contributed by atoms with E-state index in [1.54, 1.807) is 0 Å². The maximum Gasteiger partial charge on any atom is 0.416 e. The van der Waals surface area contributed by atoms with E-state index in [0.717, 1.165) is 22.5 Å². The molecule has 172 valence electrons. The van der Waals surface area contributed by atoms with Gasteiger partial charge in [0, 0.05) is 10.9 Å². The van der Waals surface area contributed by atoms with Gasteiger partial charge in [0.05, 0.1) is 22.7 Å². The van der Waals surface area contributed by atoms with Crippen LogP contribution in [-0.2, 0) is 25.8 Å². The van der Waals surface area contributed by atoms with Crippen molar-refractivity contribution in [2.75, 3.05) is 10.8 Å². The second-order valence-corrected chi connectivity index (χ2v) is 9.66. The average Bonchev–Trinajstić information content (AvgIpc) is 2.70. The Morgan fingerprint density at radius 3 is 2.41 bits per heavy atom. The lowest BCUT2D eigenvalue weighted by Crippen LogP contribution is -2.45. The second kappa shape index (κ2) is 8.62. The average molecular weight is 538 g/mol. The van der Waals surface area contributed by atoms with Crippen molar-refractivity contribution < 1.29 is 46.1 Å². The minimum Gasteiger partial charge on any atom is -0.486 e. The number of benzene rings is 2. The first-order valence-corrected chi connectivity index (χ1v) is 11.2. The van der Waals surface area contributed by atoms with Crippen molar-refractivity contribution in [1.29, 1.82) is 0 Å². The molecule has 0 radical (unpaired) electrons. The molecule has 0 aromatic heterocycles. The highest BCUT2D eigenvalue weighted by molar-refractivity contribution is 9.10. The van der Waals surface area contributed by atoms with Crippen LogP contribution in [0.4, 0.5) is 18.9 Å². The number of hydrogen-bond acceptors (Lipinski definition) is 5. The van der Waals surface area contributed by atoms with Crippen LogP contribution >= 0.6 is 15.9 Å². The summed E-state index contributed by atoms with van der Waals surface area (Å²) in [6.07, 6.45) is -6.51. The van der Waals surface area contributed by atoms with Crippen molar-refractivity contribution >= 4 is 43.6 Å². The minimum absolute atomic E-state index is 0.00882. The van der Waals surface area contributed by atoms with Gasteiger partial charge in [0.2, 0.25) is 0 Å². The van der Waals surface area contributed by atoms with Crippen molar-refractivity contribution in [1.82, 2.24) is 0 Å². The van der Waals surface area contributed by atoms with E-state index in [1.165, 1.54) is 18.2 Å². The smallest absolute Gasteiger partial charge is 0.416 e. The summed E-state index contributed by atoms with van der Waals surface area (Å²) in [6, 6.07) is 7.47. The Kier molecular flexibility index (Phi) is 6.43. The SMILES string of the molecule is O=C(O)C(CC1CN(S(=O)(=O)c2cccc(C(F)(F)F)c2)c2cc(Br)ccc2O1)C(=O)O. The van der Waals surface area contributed by atoms with Gasteiger partial charge in [-0.3, -0.25) is 13.9 Å². The topological polar surface area (TPSA) is 121 Å². The lowest BCUT2D eigenvalue weighted by Gasteiger charge is -2.36. The second-order valence-electron chi connectivity index (χ2n) is 6.88. The van der Waals surface area contributed by atoms with Crippen LogP contribution in [0.3, 0.4) is 0 Å². The lowest BCUT2D eigenvalue weighted by atomic mass is 10.0.